The lowest BCUT2D eigenvalue weighted by Crippen LogP contribution is -2.11. The first-order valence-corrected chi connectivity index (χ1v) is 7.97. The number of unbranched alkanes of at least 4 members (excludes halogenated alkanes) is 4. The molecule has 0 aliphatic carbocycles. The molecule has 0 unspecified atom stereocenters. The third-order valence-electron chi connectivity index (χ3n) is 3.47. The topological polar surface area (TPSA) is 47.2 Å². The molecule has 0 N–H and O–H groups in total. The summed E-state index contributed by atoms with van der Waals surface area (Å²) in [6.45, 7) is 2.19. The van der Waals surface area contributed by atoms with Crippen LogP contribution >= 0.6 is 12.4 Å². The predicted octanol–water partition coefficient (Wildman–Crippen LogP) is 4.08. The van der Waals surface area contributed by atoms with Gasteiger partial charge in [0.15, 0.2) is 0 Å². The van der Waals surface area contributed by atoms with Crippen LogP contribution in [-0.4, -0.2) is 15.7 Å². The fourth-order valence-corrected chi connectivity index (χ4v) is 2.23. The number of benzene rings is 1. The first-order valence-electron chi connectivity index (χ1n) is 7.97. The van der Waals surface area contributed by atoms with Crippen LogP contribution in [0.25, 0.3) is 5.69 Å². The van der Waals surface area contributed by atoms with Gasteiger partial charge in [-0.25, -0.2) is 9.67 Å². The number of carbonyl (C=O) groups excluding carboxylic acids is 1. The van der Waals surface area contributed by atoms with Crippen molar-refractivity contribution < 1.29 is 4.79 Å². The van der Waals surface area contributed by atoms with Gasteiger partial charge >= 0.3 is 0 Å². The SMILES string of the molecule is CCCCCCCC(=O)N=c1ccn(-c2ccccc2)nc1.Cl. The first kappa shape index (κ1) is 19.1. The number of nitrogens with zero attached hydrogens (tertiary/aromatic N) is 3. The highest BCUT2D eigenvalue weighted by Crippen LogP contribution is 2.05. The van der Waals surface area contributed by atoms with E-state index in [0.717, 1.165) is 18.5 Å². The largest absolute Gasteiger partial charge is 0.273 e. The van der Waals surface area contributed by atoms with Crippen molar-refractivity contribution in [3.8, 4) is 5.69 Å². The molecule has 0 saturated carbocycles. The van der Waals surface area contributed by atoms with Crippen molar-refractivity contribution >= 4 is 18.3 Å². The van der Waals surface area contributed by atoms with E-state index >= 15 is 0 Å². The summed E-state index contributed by atoms with van der Waals surface area (Å²) in [4.78, 5) is 15.9. The van der Waals surface area contributed by atoms with Crippen molar-refractivity contribution in [3.05, 3.63) is 54.1 Å². The van der Waals surface area contributed by atoms with Crippen molar-refractivity contribution in [1.29, 1.82) is 0 Å². The molecular weight excluding hydrogens is 310 g/mol. The Hall–Kier alpha value is -1.94. The van der Waals surface area contributed by atoms with Crippen LogP contribution in [0.5, 0.6) is 0 Å². The van der Waals surface area contributed by atoms with Crippen LogP contribution in [0.3, 0.4) is 0 Å². The molecular formula is C18H24ClN3O. The molecule has 1 aromatic heterocycles. The molecule has 0 bridgehead atoms. The maximum atomic E-state index is 11.8. The molecule has 0 spiro atoms. The lowest BCUT2D eigenvalue weighted by Gasteiger charge is -2.03. The van der Waals surface area contributed by atoms with Gasteiger partial charge in [-0.05, 0) is 24.6 Å². The number of hydrogen-bond acceptors (Lipinski definition) is 2. The summed E-state index contributed by atoms with van der Waals surface area (Å²) < 4.78 is 1.76. The summed E-state index contributed by atoms with van der Waals surface area (Å²) in [6.07, 6.45) is 9.67. The van der Waals surface area contributed by atoms with E-state index in [-0.39, 0.29) is 18.3 Å². The Morgan fingerprint density at radius 2 is 1.83 bits per heavy atom. The number of halogens is 1. The van der Waals surface area contributed by atoms with Gasteiger partial charge < -0.3 is 0 Å². The van der Waals surface area contributed by atoms with Crippen molar-refractivity contribution in [1.82, 2.24) is 9.78 Å². The van der Waals surface area contributed by atoms with Gasteiger partial charge in [0, 0.05) is 12.6 Å². The standard InChI is InChI=1S/C18H23N3O.ClH/c1-2-3-4-5-9-12-18(22)20-16-13-14-21(19-15-16)17-10-7-6-8-11-17;/h6-8,10-11,13-15H,2-5,9,12H2,1H3;1H. The molecule has 0 atom stereocenters. The number of amides is 1. The van der Waals surface area contributed by atoms with Gasteiger partial charge in [-0.1, -0.05) is 50.8 Å². The van der Waals surface area contributed by atoms with Gasteiger partial charge in [0.25, 0.3) is 0 Å². The fourth-order valence-electron chi connectivity index (χ4n) is 2.23. The Morgan fingerprint density at radius 1 is 1.09 bits per heavy atom. The lowest BCUT2D eigenvalue weighted by atomic mass is 10.1. The van der Waals surface area contributed by atoms with Gasteiger partial charge in [-0.15, -0.1) is 12.4 Å². The summed E-state index contributed by atoms with van der Waals surface area (Å²) in [5.74, 6) is -0.0595. The van der Waals surface area contributed by atoms with E-state index in [1.165, 1.54) is 19.3 Å². The maximum absolute atomic E-state index is 11.8. The minimum atomic E-state index is -0.0595. The third kappa shape index (κ3) is 6.78. The second-order valence-electron chi connectivity index (χ2n) is 5.34. The van der Waals surface area contributed by atoms with Crippen molar-refractivity contribution in [3.63, 3.8) is 0 Å². The van der Waals surface area contributed by atoms with E-state index < -0.39 is 0 Å². The number of hydrogen-bond donors (Lipinski definition) is 0. The molecule has 5 heteroatoms. The minimum absolute atomic E-state index is 0. The van der Waals surface area contributed by atoms with E-state index in [0.29, 0.717) is 11.8 Å². The highest BCUT2D eigenvalue weighted by atomic mass is 35.5. The van der Waals surface area contributed by atoms with Crippen LogP contribution in [0.1, 0.15) is 45.4 Å². The minimum Gasteiger partial charge on any atom is -0.273 e. The molecule has 2 aromatic rings. The molecule has 0 saturated heterocycles. The first-order chi connectivity index (χ1) is 10.8. The normalized spacial score (nSPS) is 11.1. The molecule has 1 amide bonds. The highest BCUT2D eigenvalue weighted by molar-refractivity contribution is 5.85. The molecule has 0 aliphatic heterocycles. The van der Waals surface area contributed by atoms with Crippen molar-refractivity contribution in [2.45, 2.75) is 45.4 Å². The number of para-hydroxylation sites is 1. The Balaban J connectivity index is 0.00000264. The van der Waals surface area contributed by atoms with Crippen LogP contribution in [-0.2, 0) is 4.79 Å². The fraction of sp³-hybridized carbons (Fsp3) is 0.389. The molecule has 0 aliphatic rings. The van der Waals surface area contributed by atoms with E-state index in [4.69, 9.17) is 0 Å². The summed E-state index contributed by atoms with van der Waals surface area (Å²) in [5.41, 5.74) is 0.983. The van der Waals surface area contributed by atoms with Crippen molar-refractivity contribution in [2.24, 2.45) is 4.99 Å². The molecule has 0 fully saturated rings. The van der Waals surface area contributed by atoms with E-state index in [1.807, 2.05) is 42.6 Å². The van der Waals surface area contributed by atoms with E-state index in [2.05, 4.69) is 17.0 Å². The lowest BCUT2D eigenvalue weighted by molar-refractivity contribution is -0.118. The molecule has 23 heavy (non-hydrogen) atoms. The zero-order valence-corrected chi connectivity index (χ0v) is 14.3. The number of carbonyl (C=O) groups is 1. The average molecular weight is 334 g/mol. The van der Waals surface area contributed by atoms with Crippen LogP contribution < -0.4 is 5.36 Å². The second kappa shape index (κ2) is 10.7. The Bertz CT molecular complexity index is 632. The monoisotopic (exact) mass is 333 g/mol. The van der Waals surface area contributed by atoms with Crippen LogP contribution in [0.15, 0.2) is 53.8 Å². The van der Waals surface area contributed by atoms with Crippen LogP contribution in [0, 0.1) is 0 Å². The molecule has 1 aromatic carbocycles. The molecule has 4 nitrogen and oxygen atoms in total. The van der Waals surface area contributed by atoms with Gasteiger partial charge in [-0.2, -0.15) is 5.10 Å². The number of aromatic nitrogens is 2. The highest BCUT2D eigenvalue weighted by Gasteiger charge is 1.99. The zero-order chi connectivity index (χ0) is 15.6. The van der Waals surface area contributed by atoms with E-state index in [9.17, 15) is 4.79 Å². The summed E-state index contributed by atoms with van der Waals surface area (Å²) in [6, 6.07) is 11.7. The smallest absolute Gasteiger partial charge is 0.246 e. The quantitative estimate of drug-likeness (QED) is 0.717. The predicted molar refractivity (Wildman–Crippen MR) is 94.8 cm³/mol. The van der Waals surface area contributed by atoms with Crippen molar-refractivity contribution in [2.75, 3.05) is 0 Å². The van der Waals surface area contributed by atoms with Gasteiger partial charge in [0.2, 0.25) is 5.91 Å². The second-order valence-corrected chi connectivity index (χ2v) is 5.34. The summed E-state index contributed by atoms with van der Waals surface area (Å²) in [7, 11) is 0. The zero-order valence-electron chi connectivity index (χ0n) is 13.5. The van der Waals surface area contributed by atoms with Gasteiger partial charge in [0.05, 0.1) is 17.2 Å². The third-order valence-corrected chi connectivity index (χ3v) is 3.47. The molecule has 2 rings (SSSR count). The Kier molecular flexibility index (Phi) is 8.91. The summed E-state index contributed by atoms with van der Waals surface area (Å²) in [5, 5.41) is 4.91. The van der Waals surface area contributed by atoms with E-state index in [1.54, 1.807) is 10.9 Å². The number of rotatable bonds is 7. The Labute approximate surface area is 143 Å². The average Bonchev–Trinajstić information content (AvgIpc) is 2.56. The van der Waals surface area contributed by atoms with Crippen LogP contribution in [0.4, 0.5) is 0 Å². The molecule has 124 valence electrons. The van der Waals surface area contributed by atoms with Gasteiger partial charge in [-0.3, -0.25) is 4.79 Å². The van der Waals surface area contributed by atoms with Gasteiger partial charge in [0.1, 0.15) is 0 Å². The summed E-state index contributed by atoms with van der Waals surface area (Å²) >= 11 is 0. The maximum Gasteiger partial charge on any atom is 0.246 e. The molecule has 0 radical (unpaired) electrons. The van der Waals surface area contributed by atoms with Crippen LogP contribution in [0.2, 0.25) is 0 Å². The Morgan fingerprint density at radius 3 is 2.48 bits per heavy atom. The molecule has 1 heterocycles.